The van der Waals surface area contributed by atoms with Crippen molar-refractivity contribution in [1.82, 2.24) is 10.2 Å². The van der Waals surface area contributed by atoms with E-state index in [1.54, 1.807) is 4.90 Å². The molecule has 0 saturated heterocycles. The van der Waals surface area contributed by atoms with E-state index in [-0.39, 0.29) is 24.8 Å². The number of carbonyl (C=O) groups excluding carboxylic acids is 2. The maximum absolute atomic E-state index is 13.8. The molecule has 0 aromatic heterocycles. The zero-order valence-corrected chi connectivity index (χ0v) is 21.6. The monoisotopic (exact) mass is 490 g/mol. The number of benzene rings is 3. The van der Waals surface area contributed by atoms with E-state index >= 15 is 0 Å². The van der Waals surface area contributed by atoms with Gasteiger partial charge < -0.3 is 10.2 Å². The Morgan fingerprint density at radius 2 is 1.63 bits per heavy atom. The molecular formula is C30H35ClN2O2. The highest BCUT2D eigenvalue weighted by molar-refractivity contribution is 6.31. The molecule has 0 aliphatic carbocycles. The van der Waals surface area contributed by atoms with Gasteiger partial charge in [0.05, 0.1) is 6.42 Å². The van der Waals surface area contributed by atoms with Crippen LogP contribution in [0.1, 0.15) is 47.6 Å². The van der Waals surface area contributed by atoms with Crippen LogP contribution in [0, 0.1) is 13.8 Å². The van der Waals surface area contributed by atoms with Gasteiger partial charge in [-0.3, -0.25) is 9.59 Å². The summed E-state index contributed by atoms with van der Waals surface area (Å²) in [5, 5.41) is 3.64. The molecule has 0 aliphatic heterocycles. The lowest BCUT2D eigenvalue weighted by Gasteiger charge is -2.32. The molecule has 0 saturated carbocycles. The topological polar surface area (TPSA) is 49.4 Å². The Morgan fingerprint density at radius 3 is 2.31 bits per heavy atom. The van der Waals surface area contributed by atoms with Gasteiger partial charge in [0, 0.05) is 24.5 Å². The average Bonchev–Trinajstić information content (AvgIpc) is 2.85. The van der Waals surface area contributed by atoms with Crippen LogP contribution in [0.5, 0.6) is 0 Å². The summed E-state index contributed by atoms with van der Waals surface area (Å²) in [7, 11) is 0. The van der Waals surface area contributed by atoms with E-state index in [4.69, 9.17) is 11.6 Å². The normalized spacial score (nSPS) is 11.7. The second kappa shape index (κ2) is 13.1. The van der Waals surface area contributed by atoms with Crippen molar-refractivity contribution in [3.05, 3.63) is 106 Å². The smallest absolute Gasteiger partial charge is 0.243 e. The molecule has 0 fully saturated rings. The van der Waals surface area contributed by atoms with Gasteiger partial charge in [0.1, 0.15) is 6.04 Å². The van der Waals surface area contributed by atoms with E-state index in [2.05, 4.69) is 25.2 Å². The van der Waals surface area contributed by atoms with E-state index in [9.17, 15) is 9.59 Å². The van der Waals surface area contributed by atoms with E-state index in [0.29, 0.717) is 18.0 Å². The van der Waals surface area contributed by atoms with Gasteiger partial charge >= 0.3 is 0 Å². The minimum Gasteiger partial charge on any atom is -0.354 e. The number of aryl methyl sites for hydroxylation is 2. The first-order valence-corrected chi connectivity index (χ1v) is 12.7. The van der Waals surface area contributed by atoms with Crippen LogP contribution in [0.15, 0.2) is 72.8 Å². The Labute approximate surface area is 214 Å². The number of amides is 2. The fourth-order valence-electron chi connectivity index (χ4n) is 4.06. The molecule has 1 N–H and O–H groups in total. The molecule has 1 atom stereocenters. The van der Waals surface area contributed by atoms with Gasteiger partial charge in [0.25, 0.3) is 0 Å². The van der Waals surface area contributed by atoms with Gasteiger partial charge in [0.15, 0.2) is 0 Å². The number of nitrogens with zero attached hydrogens (tertiary/aromatic N) is 1. The molecule has 3 rings (SSSR count). The summed E-state index contributed by atoms with van der Waals surface area (Å²) in [4.78, 5) is 28.9. The van der Waals surface area contributed by atoms with Crippen molar-refractivity contribution in [3.8, 4) is 0 Å². The standard InChI is InChI=1S/C30H35ClN2O2/c1-4-5-17-32-30(35)28(19-24-11-7-6-8-12-24)33(21-26-13-9-10-14-27(26)31)29(34)20-25-16-15-22(2)23(3)18-25/h6-16,18,28H,4-5,17,19-21H2,1-3H3,(H,32,35)/t28-/m1/s1. The Morgan fingerprint density at radius 1 is 0.914 bits per heavy atom. The minimum absolute atomic E-state index is 0.0975. The van der Waals surface area contributed by atoms with E-state index < -0.39 is 6.04 Å². The van der Waals surface area contributed by atoms with Crippen molar-refractivity contribution >= 4 is 23.4 Å². The zero-order valence-electron chi connectivity index (χ0n) is 20.9. The van der Waals surface area contributed by atoms with Crippen molar-refractivity contribution in [2.24, 2.45) is 0 Å². The van der Waals surface area contributed by atoms with E-state index in [1.165, 1.54) is 5.56 Å². The van der Waals surface area contributed by atoms with Crippen molar-refractivity contribution in [2.45, 2.75) is 59.0 Å². The summed E-state index contributed by atoms with van der Waals surface area (Å²) in [5.74, 6) is -0.234. The fourth-order valence-corrected chi connectivity index (χ4v) is 4.26. The third kappa shape index (κ3) is 7.69. The van der Waals surface area contributed by atoms with Gasteiger partial charge in [-0.1, -0.05) is 91.7 Å². The Bertz CT molecular complexity index is 1130. The molecule has 184 valence electrons. The molecule has 0 bridgehead atoms. The summed E-state index contributed by atoms with van der Waals surface area (Å²) >= 11 is 6.48. The Kier molecular flexibility index (Phi) is 9.92. The van der Waals surface area contributed by atoms with Crippen LogP contribution in [0.4, 0.5) is 0 Å². The molecule has 0 aliphatic rings. The first-order chi connectivity index (χ1) is 16.9. The van der Waals surface area contributed by atoms with Gasteiger partial charge in [-0.25, -0.2) is 0 Å². The van der Waals surface area contributed by atoms with Gasteiger partial charge in [-0.15, -0.1) is 0 Å². The number of halogens is 1. The van der Waals surface area contributed by atoms with Gasteiger partial charge in [-0.05, 0) is 54.2 Å². The number of unbranched alkanes of at least 4 members (excludes halogenated alkanes) is 1. The molecular weight excluding hydrogens is 456 g/mol. The summed E-state index contributed by atoms with van der Waals surface area (Å²) in [6.45, 7) is 7.05. The van der Waals surface area contributed by atoms with E-state index in [0.717, 1.165) is 35.1 Å². The fraction of sp³-hybridized carbons (Fsp3) is 0.333. The predicted octanol–water partition coefficient (Wildman–Crippen LogP) is 6.06. The minimum atomic E-state index is -0.649. The molecule has 0 spiro atoms. The molecule has 4 nitrogen and oxygen atoms in total. The van der Waals surface area contributed by atoms with Crippen LogP contribution < -0.4 is 5.32 Å². The van der Waals surface area contributed by atoms with Crippen molar-refractivity contribution in [3.63, 3.8) is 0 Å². The van der Waals surface area contributed by atoms with Crippen LogP contribution in [0.25, 0.3) is 0 Å². The predicted molar refractivity (Wildman–Crippen MR) is 143 cm³/mol. The van der Waals surface area contributed by atoms with Crippen LogP contribution in [0.3, 0.4) is 0 Å². The third-order valence-corrected chi connectivity index (χ3v) is 6.69. The molecule has 0 heterocycles. The first-order valence-electron chi connectivity index (χ1n) is 12.3. The molecule has 3 aromatic rings. The molecule has 5 heteroatoms. The number of hydrogen-bond acceptors (Lipinski definition) is 2. The molecule has 35 heavy (non-hydrogen) atoms. The SMILES string of the molecule is CCCCNC(=O)[C@@H](Cc1ccccc1)N(Cc1ccccc1Cl)C(=O)Cc1ccc(C)c(C)c1. The number of hydrogen-bond donors (Lipinski definition) is 1. The summed E-state index contributed by atoms with van der Waals surface area (Å²) < 4.78 is 0. The largest absolute Gasteiger partial charge is 0.354 e. The highest BCUT2D eigenvalue weighted by Gasteiger charge is 2.30. The summed E-state index contributed by atoms with van der Waals surface area (Å²) in [6.07, 6.45) is 2.53. The summed E-state index contributed by atoms with van der Waals surface area (Å²) in [5.41, 5.74) is 5.10. The Balaban J connectivity index is 1.96. The number of rotatable bonds is 11. The molecule has 3 aromatic carbocycles. The zero-order chi connectivity index (χ0) is 25.2. The second-order valence-corrected chi connectivity index (χ2v) is 9.47. The van der Waals surface area contributed by atoms with Crippen molar-refractivity contribution in [2.75, 3.05) is 6.54 Å². The Hall–Kier alpha value is -3.11. The average molecular weight is 491 g/mol. The number of carbonyl (C=O) groups is 2. The lowest BCUT2D eigenvalue weighted by atomic mass is 10.00. The third-order valence-electron chi connectivity index (χ3n) is 6.33. The lowest BCUT2D eigenvalue weighted by molar-refractivity contribution is -0.140. The maximum atomic E-state index is 13.8. The van der Waals surface area contributed by atoms with Crippen molar-refractivity contribution < 1.29 is 9.59 Å². The van der Waals surface area contributed by atoms with Crippen LogP contribution in [0.2, 0.25) is 5.02 Å². The lowest BCUT2D eigenvalue weighted by Crippen LogP contribution is -2.51. The van der Waals surface area contributed by atoms with Crippen LogP contribution in [-0.4, -0.2) is 29.3 Å². The van der Waals surface area contributed by atoms with Crippen LogP contribution >= 0.6 is 11.6 Å². The second-order valence-electron chi connectivity index (χ2n) is 9.06. The highest BCUT2D eigenvalue weighted by atomic mass is 35.5. The van der Waals surface area contributed by atoms with E-state index in [1.807, 2.05) is 73.7 Å². The van der Waals surface area contributed by atoms with Crippen molar-refractivity contribution in [1.29, 1.82) is 0 Å². The van der Waals surface area contributed by atoms with Crippen LogP contribution in [-0.2, 0) is 29.0 Å². The van der Waals surface area contributed by atoms with Gasteiger partial charge in [-0.2, -0.15) is 0 Å². The molecule has 0 unspecified atom stereocenters. The molecule has 2 amide bonds. The first kappa shape index (κ1) is 26.5. The summed E-state index contributed by atoms with van der Waals surface area (Å²) in [6, 6.07) is 22.8. The maximum Gasteiger partial charge on any atom is 0.243 e. The quantitative estimate of drug-likeness (QED) is 0.332. The molecule has 0 radical (unpaired) electrons. The van der Waals surface area contributed by atoms with Gasteiger partial charge in [0.2, 0.25) is 11.8 Å². The highest BCUT2D eigenvalue weighted by Crippen LogP contribution is 2.22. The number of nitrogens with one attached hydrogen (secondary N) is 1.